The first-order chi connectivity index (χ1) is 14.9. The fraction of sp³-hybridized carbons (Fsp3) is 0.286. The topological polar surface area (TPSA) is 62.7 Å². The maximum Gasteiger partial charge on any atom is 0.244 e. The number of piperazine rings is 1. The average molecular weight is 543 g/mol. The van der Waals surface area contributed by atoms with Crippen LogP contribution in [0, 0.1) is 0 Å². The van der Waals surface area contributed by atoms with Crippen LogP contribution in [0.4, 0.5) is 5.13 Å². The van der Waals surface area contributed by atoms with E-state index in [4.69, 9.17) is 21.3 Å². The summed E-state index contributed by atoms with van der Waals surface area (Å²) in [7, 11) is -3.64. The molecule has 2 heterocycles. The van der Waals surface area contributed by atoms with Crippen molar-refractivity contribution in [3.63, 3.8) is 0 Å². The minimum atomic E-state index is -3.64. The van der Waals surface area contributed by atoms with Crippen LogP contribution in [0.2, 0.25) is 5.02 Å². The number of hydrogen-bond donors (Lipinski definition) is 0. The Morgan fingerprint density at radius 3 is 2.48 bits per heavy atom. The average Bonchev–Trinajstić information content (AvgIpc) is 3.25. The molecule has 1 fully saturated rings. The Morgan fingerprint density at radius 1 is 1.13 bits per heavy atom. The highest BCUT2D eigenvalue weighted by molar-refractivity contribution is 9.10. The number of sulfonamides is 1. The summed E-state index contributed by atoms with van der Waals surface area (Å²) >= 11 is 11.1. The van der Waals surface area contributed by atoms with Gasteiger partial charge in [-0.15, -0.1) is 11.3 Å². The van der Waals surface area contributed by atoms with Gasteiger partial charge in [0.1, 0.15) is 10.6 Å². The molecule has 0 saturated carbocycles. The molecule has 31 heavy (non-hydrogen) atoms. The number of benzene rings is 2. The molecule has 0 unspecified atom stereocenters. The van der Waals surface area contributed by atoms with Crippen molar-refractivity contribution in [1.29, 1.82) is 0 Å². The highest BCUT2D eigenvalue weighted by Crippen LogP contribution is 2.31. The summed E-state index contributed by atoms with van der Waals surface area (Å²) in [5.74, 6) is 0.838. The van der Waals surface area contributed by atoms with Crippen LogP contribution < -0.4 is 9.64 Å². The van der Waals surface area contributed by atoms with Crippen LogP contribution in [-0.4, -0.2) is 50.5 Å². The molecular formula is C21H21BrClN3O3S2. The highest BCUT2D eigenvalue weighted by atomic mass is 79.9. The molecule has 10 heteroatoms. The van der Waals surface area contributed by atoms with E-state index in [1.54, 1.807) is 23.5 Å². The second-order valence-corrected chi connectivity index (χ2v) is 11.0. The number of hydrogen-bond acceptors (Lipinski definition) is 6. The van der Waals surface area contributed by atoms with Crippen LogP contribution >= 0.6 is 38.9 Å². The van der Waals surface area contributed by atoms with Gasteiger partial charge in [0.2, 0.25) is 10.0 Å². The SMILES string of the molecule is CCOc1ccc(-c2csc(N3CCN(S(=O)(=O)c4ccc(Br)cc4Cl)CC3)n2)cc1. The minimum absolute atomic E-state index is 0.137. The van der Waals surface area contributed by atoms with Crippen LogP contribution in [0.1, 0.15) is 6.92 Å². The zero-order valence-corrected chi connectivity index (χ0v) is 20.8. The number of halogens is 2. The van der Waals surface area contributed by atoms with Crippen LogP contribution in [-0.2, 0) is 10.0 Å². The van der Waals surface area contributed by atoms with Gasteiger partial charge in [-0.25, -0.2) is 13.4 Å². The van der Waals surface area contributed by atoms with Crippen molar-refractivity contribution in [1.82, 2.24) is 9.29 Å². The lowest BCUT2D eigenvalue weighted by Gasteiger charge is -2.33. The van der Waals surface area contributed by atoms with E-state index in [0.29, 0.717) is 32.8 Å². The molecule has 6 nitrogen and oxygen atoms in total. The minimum Gasteiger partial charge on any atom is -0.494 e. The molecule has 0 radical (unpaired) electrons. The molecule has 3 aromatic rings. The predicted octanol–water partition coefficient (Wildman–Crippen LogP) is 5.14. The Morgan fingerprint density at radius 2 is 1.84 bits per heavy atom. The third kappa shape index (κ3) is 4.90. The van der Waals surface area contributed by atoms with Gasteiger partial charge in [0.05, 0.1) is 17.3 Å². The molecule has 1 aliphatic heterocycles. The standard InChI is InChI=1S/C21H21BrClN3O3S2/c1-2-29-17-6-3-15(4-7-17)19-14-30-21(24-19)25-9-11-26(12-10-25)31(27,28)20-8-5-16(22)13-18(20)23/h3-8,13-14H,2,9-12H2,1H3. The van der Waals surface area contributed by atoms with Gasteiger partial charge in [0.25, 0.3) is 0 Å². The van der Waals surface area contributed by atoms with E-state index in [2.05, 4.69) is 20.8 Å². The second-order valence-electron chi connectivity index (χ2n) is 6.94. The molecule has 0 atom stereocenters. The van der Waals surface area contributed by atoms with E-state index in [1.807, 2.05) is 36.6 Å². The number of aromatic nitrogens is 1. The van der Waals surface area contributed by atoms with E-state index >= 15 is 0 Å². The lowest BCUT2D eigenvalue weighted by molar-refractivity contribution is 0.340. The first-order valence-corrected chi connectivity index (χ1v) is 13.3. The summed E-state index contributed by atoms with van der Waals surface area (Å²) in [4.78, 5) is 7.02. The van der Waals surface area contributed by atoms with Crippen molar-refractivity contribution in [3.8, 4) is 17.0 Å². The number of ether oxygens (including phenoxy) is 1. The molecule has 0 N–H and O–H groups in total. The number of nitrogens with zero attached hydrogens (tertiary/aromatic N) is 3. The summed E-state index contributed by atoms with van der Waals surface area (Å²) in [6.07, 6.45) is 0. The van der Waals surface area contributed by atoms with Crippen molar-refractivity contribution < 1.29 is 13.2 Å². The molecule has 0 spiro atoms. The van der Waals surface area contributed by atoms with Crippen LogP contribution in [0.3, 0.4) is 0 Å². The van der Waals surface area contributed by atoms with E-state index in [0.717, 1.165) is 26.6 Å². The van der Waals surface area contributed by atoms with Crippen molar-refractivity contribution in [2.45, 2.75) is 11.8 Å². The summed E-state index contributed by atoms with van der Waals surface area (Å²) in [5.41, 5.74) is 1.93. The van der Waals surface area contributed by atoms with Crippen molar-refractivity contribution in [2.75, 3.05) is 37.7 Å². The number of thiazole rings is 1. The maximum absolute atomic E-state index is 13.0. The van der Waals surface area contributed by atoms with E-state index in [-0.39, 0.29) is 9.92 Å². The van der Waals surface area contributed by atoms with Gasteiger partial charge in [-0.1, -0.05) is 27.5 Å². The van der Waals surface area contributed by atoms with Crippen molar-refractivity contribution in [2.24, 2.45) is 0 Å². The second kappa shape index (κ2) is 9.46. The van der Waals surface area contributed by atoms with Gasteiger partial charge in [0.15, 0.2) is 5.13 Å². The molecule has 1 aromatic heterocycles. The van der Waals surface area contributed by atoms with Gasteiger partial charge in [-0.2, -0.15) is 4.31 Å². The summed E-state index contributed by atoms with van der Waals surface area (Å²) in [6, 6.07) is 12.7. The Hall–Kier alpha value is -1.65. The molecule has 0 aliphatic carbocycles. The fourth-order valence-electron chi connectivity index (χ4n) is 3.37. The summed E-state index contributed by atoms with van der Waals surface area (Å²) in [5, 5.41) is 3.13. The third-order valence-electron chi connectivity index (χ3n) is 4.97. The molecular weight excluding hydrogens is 522 g/mol. The Bertz CT molecular complexity index is 1160. The Kier molecular flexibility index (Phi) is 6.88. The highest BCUT2D eigenvalue weighted by Gasteiger charge is 2.31. The Balaban J connectivity index is 1.43. The van der Waals surface area contributed by atoms with Crippen LogP contribution in [0.5, 0.6) is 5.75 Å². The van der Waals surface area contributed by atoms with Crippen LogP contribution in [0.25, 0.3) is 11.3 Å². The number of anilines is 1. The monoisotopic (exact) mass is 541 g/mol. The van der Waals surface area contributed by atoms with Crippen molar-refractivity contribution >= 4 is 54.0 Å². The zero-order valence-electron chi connectivity index (χ0n) is 16.8. The summed E-state index contributed by atoms with van der Waals surface area (Å²) in [6.45, 7) is 4.50. The first-order valence-electron chi connectivity index (χ1n) is 9.77. The van der Waals surface area contributed by atoms with Gasteiger partial charge in [0, 0.05) is 41.6 Å². The predicted molar refractivity (Wildman–Crippen MR) is 129 cm³/mol. The Labute approximate surface area is 199 Å². The van der Waals surface area contributed by atoms with Gasteiger partial charge >= 0.3 is 0 Å². The molecule has 1 aliphatic rings. The third-order valence-corrected chi connectivity index (χ3v) is 8.75. The van der Waals surface area contributed by atoms with E-state index in [1.165, 1.54) is 10.4 Å². The quantitative estimate of drug-likeness (QED) is 0.432. The van der Waals surface area contributed by atoms with E-state index in [9.17, 15) is 8.42 Å². The lowest BCUT2D eigenvalue weighted by atomic mass is 10.2. The maximum atomic E-state index is 13.0. The first kappa shape index (κ1) is 22.5. The van der Waals surface area contributed by atoms with Crippen molar-refractivity contribution in [3.05, 3.63) is 57.3 Å². The molecule has 1 saturated heterocycles. The van der Waals surface area contributed by atoms with E-state index < -0.39 is 10.0 Å². The van der Waals surface area contributed by atoms with Crippen LogP contribution in [0.15, 0.2) is 57.2 Å². The molecule has 2 aromatic carbocycles. The molecule has 0 bridgehead atoms. The van der Waals surface area contributed by atoms with Gasteiger partial charge in [-0.3, -0.25) is 0 Å². The zero-order chi connectivity index (χ0) is 22.0. The molecule has 4 rings (SSSR count). The largest absolute Gasteiger partial charge is 0.494 e. The summed E-state index contributed by atoms with van der Waals surface area (Å²) < 4.78 is 33.7. The molecule has 164 valence electrons. The number of rotatable bonds is 6. The van der Waals surface area contributed by atoms with Gasteiger partial charge in [-0.05, 0) is 49.4 Å². The fourth-order valence-corrected chi connectivity index (χ4v) is 6.70. The molecule has 0 amide bonds. The van der Waals surface area contributed by atoms with Gasteiger partial charge < -0.3 is 9.64 Å². The lowest BCUT2D eigenvalue weighted by Crippen LogP contribution is -2.48. The smallest absolute Gasteiger partial charge is 0.244 e. The normalized spacial score (nSPS) is 15.3.